The summed E-state index contributed by atoms with van der Waals surface area (Å²) in [4.78, 5) is 23.5. The second-order valence-corrected chi connectivity index (χ2v) is 7.29. The number of benzene rings is 1. The quantitative estimate of drug-likeness (QED) is 0.642. The van der Waals surface area contributed by atoms with E-state index in [4.69, 9.17) is 51.1 Å². The molecular formula is C13H11Cl4NO3. The Morgan fingerprint density at radius 1 is 1.33 bits per heavy atom. The van der Waals surface area contributed by atoms with Gasteiger partial charge in [0, 0.05) is 11.4 Å². The number of hydrogen-bond donors (Lipinski definition) is 1. The highest BCUT2D eigenvalue weighted by Crippen LogP contribution is 2.64. The first kappa shape index (κ1) is 16.7. The van der Waals surface area contributed by atoms with Gasteiger partial charge in [-0.05, 0) is 25.1 Å². The zero-order valence-corrected chi connectivity index (χ0v) is 13.9. The first-order chi connectivity index (χ1) is 9.65. The first-order valence-corrected chi connectivity index (χ1v) is 7.47. The van der Waals surface area contributed by atoms with Crippen LogP contribution >= 0.6 is 46.4 Å². The second-order valence-electron chi connectivity index (χ2n) is 4.96. The summed E-state index contributed by atoms with van der Waals surface area (Å²) in [7, 11) is 0. The van der Waals surface area contributed by atoms with E-state index in [2.05, 4.69) is 5.32 Å². The molecule has 1 atom stereocenters. The highest BCUT2D eigenvalue weighted by molar-refractivity contribution is 6.53. The van der Waals surface area contributed by atoms with Crippen LogP contribution in [0, 0.1) is 5.41 Å². The first-order valence-electron chi connectivity index (χ1n) is 5.96. The molecule has 0 heterocycles. The number of alkyl halides is 2. The fourth-order valence-corrected chi connectivity index (χ4v) is 2.72. The van der Waals surface area contributed by atoms with Gasteiger partial charge in [-0.3, -0.25) is 9.59 Å². The predicted octanol–water partition coefficient (Wildman–Crippen LogP) is 4.06. The molecule has 0 aromatic heterocycles. The van der Waals surface area contributed by atoms with Crippen LogP contribution in [-0.4, -0.2) is 22.8 Å². The molecule has 4 nitrogen and oxygen atoms in total. The van der Waals surface area contributed by atoms with Gasteiger partial charge in [-0.1, -0.05) is 23.2 Å². The fourth-order valence-electron chi connectivity index (χ4n) is 1.69. The van der Waals surface area contributed by atoms with Crippen LogP contribution < -0.4 is 5.32 Å². The molecule has 21 heavy (non-hydrogen) atoms. The smallest absolute Gasteiger partial charge is 0.315 e. The molecule has 1 unspecified atom stereocenters. The number of anilines is 1. The number of rotatable bonds is 4. The van der Waals surface area contributed by atoms with Gasteiger partial charge in [-0.15, -0.1) is 23.2 Å². The molecule has 0 radical (unpaired) electrons. The van der Waals surface area contributed by atoms with Crippen LogP contribution in [0.4, 0.5) is 5.69 Å². The van der Waals surface area contributed by atoms with Crippen LogP contribution in [0.1, 0.15) is 13.3 Å². The van der Waals surface area contributed by atoms with Crippen molar-refractivity contribution in [3.05, 3.63) is 28.2 Å². The summed E-state index contributed by atoms with van der Waals surface area (Å²) in [6, 6.07) is 4.63. The zero-order valence-electron chi connectivity index (χ0n) is 10.9. The summed E-state index contributed by atoms with van der Waals surface area (Å²) in [5.74, 6) is -1.15. The van der Waals surface area contributed by atoms with Crippen LogP contribution in [0.15, 0.2) is 18.2 Å². The number of esters is 1. The van der Waals surface area contributed by atoms with E-state index in [1.165, 1.54) is 6.07 Å². The summed E-state index contributed by atoms with van der Waals surface area (Å²) in [5, 5.41) is 3.25. The van der Waals surface area contributed by atoms with E-state index in [9.17, 15) is 9.59 Å². The maximum atomic E-state index is 11.8. The largest absolute Gasteiger partial charge is 0.455 e. The van der Waals surface area contributed by atoms with Gasteiger partial charge in [0.2, 0.25) is 0 Å². The standard InChI is InChI=1S/C13H11Cl4NO3/c1-12(6-13(12,16)17)11(20)21-5-10(19)18-9-4-7(14)2-3-8(9)15/h2-4H,5-6H2,1H3,(H,18,19). The summed E-state index contributed by atoms with van der Waals surface area (Å²) >= 11 is 23.4. The average Bonchev–Trinajstić information content (AvgIpc) is 2.91. The molecule has 1 fully saturated rings. The Morgan fingerprint density at radius 2 is 1.95 bits per heavy atom. The monoisotopic (exact) mass is 369 g/mol. The summed E-state index contributed by atoms with van der Waals surface area (Å²) < 4.78 is 3.78. The molecule has 1 aromatic rings. The Morgan fingerprint density at radius 3 is 2.52 bits per heavy atom. The lowest BCUT2D eigenvalue weighted by molar-refractivity contribution is -0.152. The van der Waals surface area contributed by atoms with E-state index in [-0.39, 0.29) is 0 Å². The highest BCUT2D eigenvalue weighted by atomic mass is 35.5. The van der Waals surface area contributed by atoms with Crippen molar-refractivity contribution < 1.29 is 14.3 Å². The van der Waals surface area contributed by atoms with E-state index in [1.807, 2.05) is 0 Å². The number of ether oxygens (including phenoxy) is 1. The van der Waals surface area contributed by atoms with Crippen LogP contribution in [0.5, 0.6) is 0 Å². The van der Waals surface area contributed by atoms with Crippen molar-refractivity contribution in [2.24, 2.45) is 5.41 Å². The van der Waals surface area contributed by atoms with Gasteiger partial charge in [-0.25, -0.2) is 0 Å². The number of carbonyl (C=O) groups excluding carboxylic acids is 2. The number of hydrogen-bond acceptors (Lipinski definition) is 3. The van der Waals surface area contributed by atoms with E-state index >= 15 is 0 Å². The van der Waals surface area contributed by atoms with Gasteiger partial charge >= 0.3 is 5.97 Å². The van der Waals surface area contributed by atoms with Crippen molar-refractivity contribution in [3.63, 3.8) is 0 Å². The summed E-state index contributed by atoms with van der Waals surface area (Å²) in [5.41, 5.74) is -0.628. The SMILES string of the molecule is CC1(C(=O)OCC(=O)Nc2cc(Cl)ccc2Cl)CC1(Cl)Cl. The molecule has 1 aromatic carbocycles. The van der Waals surface area contributed by atoms with Gasteiger partial charge < -0.3 is 10.1 Å². The molecule has 0 spiro atoms. The third-order valence-electron chi connectivity index (χ3n) is 3.25. The lowest BCUT2D eigenvalue weighted by Gasteiger charge is -2.12. The minimum atomic E-state index is -1.13. The lowest BCUT2D eigenvalue weighted by atomic mass is 10.1. The molecule has 0 aliphatic heterocycles. The molecule has 1 saturated carbocycles. The molecule has 0 saturated heterocycles. The van der Waals surface area contributed by atoms with Gasteiger partial charge in [0.25, 0.3) is 5.91 Å². The van der Waals surface area contributed by atoms with E-state index < -0.39 is 28.2 Å². The molecule has 1 N–H and O–H groups in total. The van der Waals surface area contributed by atoms with Crippen LogP contribution in [-0.2, 0) is 14.3 Å². The Balaban J connectivity index is 1.89. The van der Waals surface area contributed by atoms with Gasteiger partial charge in [-0.2, -0.15) is 0 Å². The Labute approximate surface area is 141 Å². The Bertz CT molecular complexity index is 605. The van der Waals surface area contributed by atoms with Gasteiger partial charge in [0.05, 0.1) is 10.7 Å². The zero-order chi connectivity index (χ0) is 15.8. The third kappa shape index (κ3) is 3.57. The van der Waals surface area contributed by atoms with Crippen molar-refractivity contribution >= 4 is 64.0 Å². The topological polar surface area (TPSA) is 55.4 Å². The maximum absolute atomic E-state index is 11.8. The Hall–Kier alpha value is -0.680. The normalized spacial score (nSPS) is 22.5. The summed E-state index contributed by atoms with van der Waals surface area (Å²) in [6.45, 7) is 1.13. The van der Waals surface area contributed by atoms with Crippen molar-refractivity contribution in [2.45, 2.75) is 17.7 Å². The molecule has 114 valence electrons. The molecular weight excluding hydrogens is 360 g/mol. The fraction of sp³-hybridized carbons (Fsp3) is 0.385. The van der Waals surface area contributed by atoms with E-state index in [0.29, 0.717) is 22.2 Å². The van der Waals surface area contributed by atoms with Crippen molar-refractivity contribution in [2.75, 3.05) is 11.9 Å². The number of amides is 1. The summed E-state index contributed by atoms with van der Waals surface area (Å²) in [6.07, 6.45) is 0.295. The number of halogens is 4. The van der Waals surface area contributed by atoms with Crippen LogP contribution in [0.3, 0.4) is 0 Å². The lowest BCUT2D eigenvalue weighted by Crippen LogP contribution is -2.26. The van der Waals surface area contributed by atoms with Crippen molar-refractivity contribution in [1.29, 1.82) is 0 Å². The third-order valence-corrected chi connectivity index (χ3v) is 4.91. The average molecular weight is 371 g/mol. The predicted molar refractivity (Wildman–Crippen MR) is 83.2 cm³/mol. The molecule has 1 aliphatic rings. The van der Waals surface area contributed by atoms with Crippen molar-refractivity contribution in [1.82, 2.24) is 0 Å². The minimum absolute atomic E-state index is 0.295. The van der Waals surface area contributed by atoms with Crippen LogP contribution in [0.25, 0.3) is 0 Å². The number of carbonyl (C=O) groups is 2. The Kier molecular flexibility index (Phi) is 4.64. The molecule has 8 heteroatoms. The molecule has 2 rings (SSSR count). The van der Waals surface area contributed by atoms with E-state index in [1.54, 1.807) is 19.1 Å². The minimum Gasteiger partial charge on any atom is -0.455 e. The molecule has 1 amide bonds. The maximum Gasteiger partial charge on any atom is 0.315 e. The van der Waals surface area contributed by atoms with Crippen LogP contribution in [0.2, 0.25) is 10.0 Å². The van der Waals surface area contributed by atoms with E-state index in [0.717, 1.165) is 0 Å². The number of nitrogens with one attached hydrogen (secondary N) is 1. The highest BCUT2D eigenvalue weighted by Gasteiger charge is 2.69. The molecule has 1 aliphatic carbocycles. The van der Waals surface area contributed by atoms with Crippen molar-refractivity contribution in [3.8, 4) is 0 Å². The van der Waals surface area contributed by atoms with Gasteiger partial charge in [0.15, 0.2) is 6.61 Å². The molecule has 0 bridgehead atoms. The van der Waals surface area contributed by atoms with Gasteiger partial charge in [0.1, 0.15) is 9.75 Å². The second kappa shape index (κ2) is 5.84.